The highest BCUT2D eigenvalue weighted by Gasteiger charge is 2.07. The molecule has 0 saturated heterocycles. The number of methoxy groups -OCH3 is 2. The molecule has 0 spiro atoms. The smallest absolute Gasteiger partial charge is 0.161 e. The predicted molar refractivity (Wildman–Crippen MR) is 66.3 cm³/mol. The molecule has 0 bridgehead atoms. The first-order chi connectivity index (χ1) is 7.72. The lowest BCUT2D eigenvalue weighted by molar-refractivity contribution is 0.354. The molecule has 0 aliphatic rings. The third kappa shape index (κ3) is 3.14. The van der Waals surface area contributed by atoms with Crippen molar-refractivity contribution in [2.24, 2.45) is 0 Å². The molecule has 0 aromatic heterocycles. The van der Waals surface area contributed by atoms with Crippen LogP contribution in [0.5, 0.6) is 11.5 Å². The van der Waals surface area contributed by atoms with Crippen LogP contribution in [0.25, 0.3) is 0 Å². The third-order valence-corrected chi connectivity index (χ3v) is 2.58. The van der Waals surface area contributed by atoms with E-state index in [0.717, 1.165) is 31.0 Å². The Kier molecular flexibility index (Phi) is 5.12. The summed E-state index contributed by atoms with van der Waals surface area (Å²) in [4.78, 5) is 0. The van der Waals surface area contributed by atoms with E-state index in [1.165, 1.54) is 11.1 Å². The highest BCUT2D eigenvalue weighted by atomic mass is 16.5. The van der Waals surface area contributed by atoms with E-state index in [0.29, 0.717) is 0 Å². The highest BCUT2D eigenvalue weighted by molar-refractivity contribution is 5.46. The van der Waals surface area contributed by atoms with Crippen LogP contribution in [0.2, 0.25) is 0 Å². The van der Waals surface area contributed by atoms with Crippen LogP contribution < -0.4 is 14.8 Å². The summed E-state index contributed by atoms with van der Waals surface area (Å²) in [6, 6.07) is 4.05. The molecular formula is C13H21NO2. The van der Waals surface area contributed by atoms with Gasteiger partial charge in [0.05, 0.1) is 14.2 Å². The van der Waals surface area contributed by atoms with E-state index in [1.54, 1.807) is 14.2 Å². The Bertz CT molecular complexity index is 337. The molecule has 1 rings (SSSR count). The number of benzene rings is 1. The lowest BCUT2D eigenvalue weighted by atomic mass is 10.1. The summed E-state index contributed by atoms with van der Waals surface area (Å²) in [5, 5.41) is 3.38. The molecular weight excluding hydrogens is 202 g/mol. The molecule has 0 amide bonds. The standard InChI is InChI=1S/C13H21NO2/c1-5-6-14-9-11-8-13(16-4)12(15-3)7-10(11)2/h7-8,14H,5-6,9H2,1-4H3. The average molecular weight is 223 g/mol. The molecule has 16 heavy (non-hydrogen) atoms. The summed E-state index contributed by atoms with van der Waals surface area (Å²) in [6.07, 6.45) is 1.15. The number of hydrogen-bond donors (Lipinski definition) is 1. The van der Waals surface area contributed by atoms with Gasteiger partial charge in [-0.2, -0.15) is 0 Å². The van der Waals surface area contributed by atoms with Gasteiger partial charge in [-0.3, -0.25) is 0 Å². The molecule has 1 aromatic carbocycles. The minimum atomic E-state index is 0.791. The first-order valence-electron chi connectivity index (χ1n) is 5.65. The van der Waals surface area contributed by atoms with Crippen molar-refractivity contribution in [2.75, 3.05) is 20.8 Å². The maximum absolute atomic E-state index is 5.29. The molecule has 0 atom stereocenters. The SMILES string of the molecule is CCCNCc1cc(OC)c(OC)cc1C. The van der Waals surface area contributed by atoms with Crippen molar-refractivity contribution in [3.63, 3.8) is 0 Å². The van der Waals surface area contributed by atoms with Crippen LogP contribution in [0.1, 0.15) is 24.5 Å². The average Bonchev–Trinajstić information content (AvgIpc) is 2.31. The Morgan fingerprint density at radius 2 is 1.75 bits per heavy atom. The van der Waals surface area contributed by atoms with Gasteiger partial charge in [0.25, 0.3) is 0 Å². The Hall–Kier alpha value is -1.22. The fraction of sp³-hybridized carbons (Fsp3) is 0.538. The van der Waals surface area contributed by atoms with Crippen molar-refractivity contribution in [2.45, 2.75) is 26.8 Å². The predicted octanol–water partition coefficient (Wildman–Crippen LogP) is 2.51. The lowest BCUT2D eigenvalue weighted by Gasteiger charge is -2.13. The Balaban J connectivity index is 2.84. The molecule has 90 valence electrons. The van der Waals surface area contributed by atoms with E-state index in [2.05, 4.69) is 19.2 Å². The first-order valence-corrected chi connectivity index (χ1v) is 5.65. The number of hydrogen-bond acceptors (Lipinski definition) is 3. The van der Waals surface area contributed by atoms with E-state index in [1.807, 2.05) is 12.1 Å². The molecule has 0 radical (unpaired) electrons. The number of ether oxygens (including phenoxy) is 2. The van der Waals surface area contributed by atoms with Gasteiger partial charge in [0, 0.05) is 6.54 Å². The number of aryl methyl sites for hydroxylation is 1. The maximum Gasteiger partial charge on any atom is 0.161 e. The zero-order valence-corrected chi connectivity index (χ0v) is 10.6. The second-order valence-electron chi connectivity index (χ2n) is 3.81. The van der Waals surface area contributed by atoms with Gasteiger partial charge in [0.15, 0.2) is 11.5 Å². The Labute approximate surface area is 97.8 Å². The summed E-state index contributed by atoms with van der Waals surface area (Å²) in [5.74, 6) is 1.58. The van der Waals surface area contributed by atoms with Gasteiger partial charge < -0.3 is 14.8 Å². The summed E-state index contributed by atoms with van der Waals surface area (Å²) in [6.45, 7) is 6.16. The van der Waals surface area contributed by atoms with Crippen LogP contribution in [0.4, 0.5) is 0 Å². The van der Waals surface area contributed by atoms with E-state index >= 15 is 0 Å². The first kappa shape index (κ1) is 12.8. The van der Waals surface area contributed by atoms with Crippen LogP contribution in [0.3, 0.4) is 0 Å². The third-order valence-electron chi connectivity index (χ3n) is 2.58. The molecule has 3 nitrogen and oxygen atoms in total. The summed E-state index contributed by atoms with van der Waals surface area (Å²) in [7, 11) is 3.32. The van der Waals surface area contributed by atoms with Crippen LogP contribution in [-0.2, 0) is 6.54 Å². The van der Waals surface area contributed by atoms with Crippen LogP contribution in [0, 0.1) is 6.92 Å². The van der Waals surface area contributed by atoms with Crippen molar-refractivity contribution in [3.05, 3.63) is 23.3 Å². The minimum absolute atomic E-state index is 0.791. The molecule has 0 heterocycles. The van der Waals surface area contributed by atoms with E-state index in [4.69, 9.17) is 9.47 Å². The van der Waals surface area contributed by atoms with E-state index in [-0.39, 0.29) is 0 Å². The number of nitrogens with one attached hydrogen (secondary N) is 1. The van der Waals surface area contributed by atoms with Gasteiger partial charge in [0.2, 0.25) is 0 Å². The van der Waals surface area contributed by atoms with Crippen LogP contribution in [0.15, 0.2) is 12.1 Å². The van der Waals surface area contributed by atoms with Gasteiger partial charge in [-0.15, -0.1) is 0 Å². The molecule has 0 unspecified atom stereocenters. The zero-order chi connectivity index (χ0) is 12.0. The maximum atomic E-state index is 5.29. The normalized spacial score (nSPS) is 10.2. The Morgan fingerprint density at radius 3 is 2.31 bits per heavy atom. The Morgan fingerprint density at radius 1 is 1.12 bits per heavy atom. The van der Waals surface area contributed by atoms with Crippen molar-refractivity contribution in [1.29, 1.82) is 0 Å². The largest absolute Gasteiger partial charge is 0.493 e. The van der Waals surface area contributed by atoms with Crippen molar-refractivity contribution >= 4 is 0 Å². The van der Waals surface area contributed by atoms with Crippen molar-refractivity contribution < 1.29 is 9.47 Å². The summed E-state index contributed by atoms with van der Waals surface area (Å²) >= 11 is 0. The second-order valence-corrected chi connectivity index (χ2v) is 3.81. The summed E-state index contributed by atoms with van der Waals surface area (Å²) in [5.41, 5.74) is 2.48. The highest BCUT2D eigenvalue weighted by Crippen LogP contribution is 2.30. The fourth-order valence-corrected chi connectivity index (χ4v) is 1.61. The van der Waals surface area contributed by atoms with E-state index in [9.17, 15) is 0 Å². The molecule has 1 aromatic rings. The molecule has 0 aliphatic carbocycles. The van der Waals surface area contributed by atoms with Gasteiger partial charge in [-0.05, 0) is 43.1 Å². The molecule has 3 heteroatoms. The second kappa shape index (κ2) is 6.38. The minimum Gasteiger partial charge on any atom is -0.493 e. The van der Waals surface area contributed by atoms with Gasteiger partial charge in [-0.25, -0.2) is 0 Å². The monoisotopic (exact) mass is 223 g/mol. The fourth-order valence-electron chi connectivity index (χ4n) is 1.61. The van der Waals surface area contributed by atoms with Gasteiger partial charge in [-0.1, -0.05) is 6.92 Å². The molecule has 0 saturated carbocycles. The molecule has 0 aliphatic heterocycles. The van der Waals surface area contributed by atoms with Gasteiger partial charge in [0.1, 0.15) is 0 Å². The zero-order valence-electron chi connectivity index (χ0n) is 10.6. The number of rotatable bonds is 6. The quantitative estimate of drug-likeness (QED) is 0.752. The van der Waals surface area contributed by atoms with Crippen LogP contribution in [-0.4, -0.2) is 20.8 Å². The molecule has 0 fully saturated rings. The summed E-state index contributed by atoms with van der Waals surface area (Å²) < 4.78 is 10.5. The van der Waals surface area contributed by atoms with Crippen molar-refractivity contribution in [1.82, 2.24) is 5.32 Å². The van der Waals surface area contributed by atoms with Gasteiger partial charge >= 0.3 is 0 Å². The lowest BCUT2D eigenvalue weighted by Crippen LogP contribution is -2.14. The van der Waals surface area contributed by atoms with Crippen LogP contribution >= 0.6 is 0 Å². The molecule has 1 N–H and O–H groups in total. The van der Waals surface area contributed by atoms with E-state index < -0.39 is 0 Å². The topological polar surface area (TPSA) is 30.5 Å². The van der Waals surface area contributed by atoms with Crippen molar-refractivity contribution in [3.8, 4) is 11.5 Å².